The van der Waals surface area contributed by atoms with Gasteiger partial charge in [-0.05, 0) is 86.6 Å². The van der Waals surface area contributed by atoms with Crippen molar-refractivity contribution in [2.75, 3.05) is 24.5 Å². The number of halogens is 1. The van der Waals surface area contributed by atoms with Crippen LogP contribution in [0.2, 0.25) is 0 Å². The maximum Gasteiger partial charge on any atom is 0.272 e. The molecule has 4 heterocycles. The summed E-state index contributed by atoms with van der Waals surface area (Å²) in [6.45, 7) is 1.92. The standard InChI is InChI=1S/C33H31FN6O3/c34-28-8-4-21(17-29-26-18-24(43-23-2-1-3-23)6-7-25(26)31(41)38-37-29)16-27(28)32(42)39-13-10-33(11-14-39)12-15-40(33)30-9-5-22(19-35)20-36-30/h4-9,16,18,20,23H,1-3,10-15,17H2,(H,38,41). The van der Waals surface area contributed by atoms with E-state index in [1.165, 1.54) is 6.07 Å². The average Bonchev–Trinajstić information content (AvgIpc) is 3.01. The number of rotatable bonds is 6. The SMILES string of the molecule is N#Cc1ccc(N2CCC23CCN(C(=O)c2cc(Cc4n[nH]c(=O)c5ccc(OC6CCC6)cc45)ccc2F)CC3)nc1. The van der Waals surface area contributed by atoms with E-state index in [1.54, 1.807) is 41.4 Å². The zero-order valence-electron chi connectivity index (χ0n) is 23.7. The lowest BCUT2D eigenvalue weighted by molar-refractivity contribution is 0.0608. The van der Waals surface area contributed by atoms with Crippen LogP contribution in [0.4, 0.5) is 10.2 Å². The molecule has 9 nitrogen and oxygen atoms in total. The van der Waals surface area contributed by atoms with Crippen LogP contribution in [0.15, 0.2) is 59.5 Å². The van der Waals surface area contributed by atoms with Gasteiger partial charge in [0.05, 0.1) is 28.3 Å². The van der Waals surface area contributed by atoms with Gasteiger partial charge in [0.25, 0.3) is 11.5 Å². The quantitative estimate of drug-likeness (QED) is 0.352. The summed E-state index contributed by atoms with van der Waals surface area (Å²) in [6, 6.07) is 15.7. The summed E-state index contributed by atoms with van der Waals surface area (Å²) in [5, 5.41) is 17.1. The number of nitriles is 1. The molecule has 7 rings (SSSR count). The van der Waals surface area contributed by atoms with Crippen molar-refractivity contribution < 1.29 is 13.9 Å². The topological polar surface area (TPSA) is 115 Å². The van der Waals surface area contributed by atoms with Crippen molar-refractivity contribution in [2.24, 2.45) is 0 Å². The van der Waals surface area contributed by atoms with Gasteiger partial charge in [0.1, 0.15) is 23.5 Å². The number of nitrogens with zero attached hydrogens (tertiary/aromatic N) is 5. The van der Waals surface area contributed by atoms with Crippen molar-refractivity contribution in [3.63, 3.8) is 0 Å². The monoisotopic (exact) mass is 578 g/mol. The molecule has 2 aliphatic heterocycles. The Bertz CT molecular complexity index is 1800. The number of ether oxygens (including phenoxy) is 1. The maximum atomic E-state index is 15.0. The van der Waals surface area contributed by atoms with E-state index < -0.39 is 5.82 Å². The number of carbonyl (C=O) groups is 1. The molecule has 0 bridgehead atoms. The van der Waals surface area contributed by atoms with E-state index in [0.29, 0.717) is 47.3 Å². The molecule has 4 aromatic rings. The van der Waals surface area contributed by atoms with Gasteiger partial charge in [0.2, 0.25) is 0 Å². The Hall–Kier alpha value is -4.78. The van der Waals surface area contributed by atoms with Crippen molar-refractivity contribution >= 4 is 22.5 Å². The molecule has 0 unspecified atom stereocenters. The number of hydrogen-bond acceptors (Lipinski definition) is 7. The van der Waals surface area contributed by atoms with Crippen molar-refractivity contribution in [1.82, 2.24) is 20.1 Å². The lowest BCUT2D eigenvalue weighted by Gasteiger charge is -2.57. The lowest BCUT2D eigenvalue weighted by atomic mass is 9.76. The summed E-state index contributed by atoms with van der Waals surface area (Å²) in [5.41, 5.74) is 1.55. The highest BCUT2D eigenvalue weighted by molar-refractivity contribution is 5.95. The molecule has 1 N–H and O–H groups in total. The molecule has 2 aromatic heterocycles. The lowest BCUT2D eigenvalue weighted by Crippen LogP contribution is -2.65. The molecule has 1 spiro atoms. The number of benzene rings is 2. The molecular weight excluding hydrogens is 547 g/mol. The van der Waals surface area contributed by atoms with Gasteiger partial charge in [0.15, 0.2) is 0 Å². The number of likely N-dealkylation sites (tertiary alicyclic amines) is 1. The highest BCUT2D eigenvalue weighted by atomic mass is 19.1. The first-order valence-corrected chi connectivity index (χ1v) is 14.8. The minimum atomic E-state index is -0.559. The van der Waals surface area contributed by atoms with Gasteiger partial charge in [-0.25, -0.2) is 14.5 Å². The summed E-state index contributed by atoms with van der Waals surface area (Å²) < 4.78 is 21.1. The predicted molar refractivity (Wildman–Crippen MR) is 159 cm³/mol. The summed E-state index contributed by atoms with van der Waals surface area (Å²) in [7, 11) is 0. The minimum Gasteiger partial charge on any atom is -0.490 e. The van der Waals surface area contributed by atoms with E-state index >= 15 is 4.39 Å². The Balaban J connectivity index is 1.07. The molecule has 218 valence electrons. The fraction of sp³-hybridized carbons (Fsp3) is 0.364. The highest BCUT2D eigenvalue weighted by Crippen LogP contribution is 2.42. The number of anilines is 1. The second kappa shape index (κ2) is 10.8. The van der Waals surface area contributed by atoms with E-state index in [-0.39, 0.29) is 28.7 Å². The fourth-order valence-electron chi connectivity index (χ4n) is 6.45. The number of nitrogens with one attached hydrogen (secondary N) is 1. The van der Waals surface area contributed by atoms with Gasteiger partial charge in [-0.3, -0.25) is 9.59 Å². The normalized spacial score (nSPS) is 17.8. The van der Waals surface area contributed by atoms with Crippen LogP contribution < -0.4 is 15.2 Å². The Morgan fingerprint density at radius 1 is 1.07 bits per heavy atom. The van der Waals surface area contributed by atoms with Crippen molar-refractivity contribution in [3.8, 4) is 11.8 Å². The molecule has 1 saturated carbocycles. The molecule has 3 aliphatic rings. The number of hydrogen-bond donors (Lipinski definition) is 1. The highest BCUT2D eigenvalue weighted by Gasteiger charge is 2.47. The van der Waals surface area contributed by atoms with Crippen LogP contribution in [-0.4, -0.2) is 57.3 Å². The van der Waals surface area contributed by atoms with Crippen LogP contribution >= 0.6 is 0 Å². The van der Waals surface area contributed by atoms with E-state index in [2.05, 4.69) is 26.2 Å². The van der Waals surface area contributed by atoms with Crippen LogP contribution in [0, 0.1) is 17.1 Å². The van der Waals surface area contributed by atoms with Gasteiger partial charge in [-0.1, -0.05) is 6.07 Å². The second-order valence-electron chi connectivity index (χ2n) is 11.8. The zero-order valence-corrected chi connectivity index (χ0v) is 23.7. The van der Waals surface area contributed by atoms with E-state index in [0.717, 1.165) is 56.5 Å². The molecule has 10 heteroatoms. The van der Waals surface area contributed by atoms with E-state index in [4.69, 9.17) is 10.00 Å². The summed E-state index contributed by atoms with van der Waals surface area (Å²) >= 11 is 0. The maximum absolute atomic E-state index is 15.0. The Labute approximate surface area is 247 Å². The van der Waals surface area contributed by atoms with Crippen molar-refractivity contribution in [3.05, 3.63) is 93.3 Å². The molecule has 1 amide bonds. The molecule has 1 aliphatic carbocycles. The summed E-state index contributed by atoms with van der Waals surface area (Å²) in [5.74, 6) is 0.654. The molecule has 0 atom stereocenters. The largest absolute Gasteiger partial charge is 0.490 e. The number of piperidine rings is 1. The van der Waals surface area contributed by atoms with Gasteiger partial charge in [-0.15, -0.1) is 0 Å². The molecule has 3 fully saturated rings. The Morgan fingerprint density at radius 2 is 1.88 bits per heavy atom. The van der Waals surface area contributed by atoms with Crippen LogP contribution in [0.5, 0.6) is 5.75 Å². The molecular formula is C33H31FN6O3. The molecule has 2 saturated heterocycles. The smallest absolute Gasteiger partial charge is 0.272 e. The number of aromatic nitrogens is 3. The van der Waals surface area contributed by atoms with Gasteiger partial charge in [0, 0.05) is 43.2 Å². The number of pyridine rings is 1. The molecule has 2 aromatic carbocycles. The zero-order chi connectivity index (χ0) is 29.6. The first-order valence-electron chi connectivity index (χ1n) is 14.8. The van der Waals surface area contributed by atoms with Gasteiger partial charge in [-0.2, -0.15) is 10.4 Å². The van der Waals surface area contributed by atoms with E-state index in [9.17, 15) is 9.59 Å². The van der Waals surface area contributed by atoms with Crippen LogP contribution in [0.1, 0.15) is 65.7 Å². The van der Waals surface area contributed by atoms with Crippen molar-refractivity contribution in [1.29, 1.82) is 5.26 Å². The van der Waals surface area contributed by atoms with Crippen molar-refractivity contribution in [2.45, 2.75) is 56.6 Å². The Kier molecular flexibility index (Phi) is 6.80. The number of fused-ring (bicyclic) bond motifs is 1. The number of amides is 1. The third-order valence-electron chi connectivity index (χ3n) is 9.33. The first-order chi connectivity index (χ1) is 20.9. The second-order valence-corrected chi connectivity index (χ2v) is 11.8. The molecule has 43 heavy (non-hydrogen) atoms. The third-order valence-corrected chi connectivity index (χ3v) is 9.33. The number of carbonyl (C=O) groups excluding carboxylic acids is 1. The first kappa shape index (κ1) is 27.1. The van der Waals surface area contributed by atoms with E-state index in [1.807, 2.05) is 12.1 Å². The van der Waals surface area contributed by atoms with Crippen LogP contribution in [-0.2, 0) is 6.42 Å². The van der Waals surface area contributed by atoms with Crippen LogP contribution in [0.25, 0.3) is 10.8 Å². The average molecular weight is 579 g/mol. The number of H-pyrrole nitrogens is 1. The van der Waals surface area contributed by atoms with Gasteiger partial charge >= 0.3 is 0 Å². The molecule has 0 radical (unpaired) electrons. The Morgan fingerprint density at radius 3 is 2.56 bits per heavy atom. The summed E-state index contributed by atoms with van der Waals surface area (Å²) in [4.78, 5) is 34.5. The number of aromatic amines is 1. The van der Waals surface area contributed by atoms with Gasteiger partial charge < -0.3 is 14.5 Å². The van der Waals surface area contributed by atoms with Crippen LogP contribution in [0.3, 0.4) is 0 Å². The minimum absolute atomic E-state index is 0.0374. The summed E-state index contributed by atoms with van der Waals surface area (Å²) in [6.07, 6.45) is 7.84. The predicted octanol–water partition coefficient (Wildman–Crippen LogP) is 4.74. The third kappa shape index (κ3) is 4.99. The fourth-order valence-corrected chi connectivity index (χ4v) is 6.45.